The SMILES string of the molecule is Cc1ccc(C(=O)N2CC(C)CC(C)C2)cc1NC(=O)CCc1ccccc1N. The van der Waals surface area contributed by atoms with Gasteiger partial charge in [-0.15, -0.1) is 0 Å². The second-order valence-corrected chi connectivity index (χ2v) is 8.43. The summed E-state index contributed by atoms with van der Waals surface area (Å²) >= 11 is 0. The highest BCUT2D eigenvalue weighted by molar-refractivity contribution is 5.98. The molecular formula is C24H31N3O2. The number of rotatable bonds is 5. The van der Waals surface area contributed by atoms with Crippen LogP contribution < -0.4 is 11.1 Å². The number of nitrogens with two attached hydrogens (primary N) is 1. The zero-order valence-electron chi connectivity index (χ0n) is 17.6. The van der Waals surface area contributed by atoms with Crippen LogP contribution in [0.25, 0.3) is 0 Å². The predicted molar refractivity (Wildman–Crippen MR) is 118 cm³/mol. The van der Waals surface area contributed by atoms with E-state index < -0.39 is 0 Å². The fourth-order valence-electron chi connectivity index (χ4n) is 4.12. The molecule has 29 heavy (non-hydrogen) atoms. The molecule has 3 rings (SSSR count). The van der Waals surface area contributed by atoms with Gasteiger partial charge in [0.2, 0.25) is 5.91 Å². The Labute approximate surface area is 173 Å². The second-order valence-electron chi connectivity index (χ2n) is 8.43. The van der Waals surface area contributed by atoms with Crippen LogP contribution in [-0.4, -0.2) is 29.8 Å². The predicted octanol–water partition coefficient (Wildman–Crippen LogP) is 4.27. The number of para-hydroxylation sites is 1. The van der Waals surface area contributed by atoms with E-state index in [2.05, 4.69) is 19.2 Å². The van der Waals surface area contributed by atoms with Crippen LogP contribution >= 0.6 is 0 Å². The number of benzene rings is 2. The number of aryl methyl sites for hydroxylation is 2. The minimum absolute atomic E-state index is 0.0379. The van der Waals surface area contributed by atoms with E-state index in [0.29, 0.717) is 41.6 Å². The molecule has 2 amide bonds. The molecule has 3 N–H and O–H groups in total. The molecule has 0 spiro atoms. The van der Waals surface area contributed by atoms with E-state index in [9.17, 15) is 9.59 Å². The van der Waals surface area contributed by atoms with Crippen molar-refractivity contribution in [1.29, 1.82) is 0 Å². The molecule has 1 fully saturated rings. The largest absolute Gasteiger partial charge is 0.399 e. The summed E-state index contributed by atoms with van der Waals surface area (Å²) in [4.78, 5) is 27.4. The third-order valence-electron chi connectivity index (χ3n) is 5.59. The van der Waals surface area contributed by atoms with Crippen molar-refractivity contribution in [3.05, 3.63) is 59.2 Å². The van der Waals surface area contributed by atoms with Crippen molar-refractivity contribution in [2.75, 3.05) is 24.1 Å². The van der Waals surface area contributed by atoms with Gasteiger partial charge in [-0.1, -0.05) is 38.1 Å². The summed E-state index contributed by atoms with van der Waals surface area (Å²) in [6.45, 7) is 7.89. The maximum absolute atomic E-state index is 13.0. The summed E-state index contributed by atoms with van der Waals surface area (Å²) in [5.74, 6) is 0.979. The minimum atomic E-state index is -0.0823. The number of anilines is 2. The van der Waals surface area contributed by atoms with Gasteiger partial charge < -0.3 is 16.0 Å². The Balaban J connectivity index is 1.66. The zero-order valence-corrected chi connectivity index (χ0v) is 17.6. The fourth-order valence-corrected chi connectivity index (χ4v) is 4.12. The van der Waals surface area contributed by atoms with Crippen molar-refractivity contribution in [2.24, 2.45) is 11.8 Å². The number of nitrogens with zero attached hydrogens (tertiary/aromatic N) is 1. The molecule has 0 radical (unpaired) electrons. The number of likely N-dealkylation sites (tertiary alicyclic amines) is 1. The highest BCUT2D eigenvalue weighted by atomic mass is 16.2. The van der Waals surface area contributed by atoms with E-state index in [0.717, 1.165) is 30.6 Å². The van der Waals surface area contributed by atoms with Crippen LogP contribution in [0, 0.1) is 18.8 Å². The first-order valence-electron chi connectivity index (χ1n) is 10.4. The summed E-state index contributed by atoms with van der Waals surface area (Å²) < 4.78 is 0. The third kappa shape index (κ3) is 5.37. The number of nitrogens with one attached hydrogen (secondary N) is 1. The Morgan fingerprint density at radius 1 is 1.10 bits per heavy atom. The van der Waals surface area contributed by atoms with Gasteiger partial charge in [0.1, 0.15) is 0 Å². The van der Waals surface area contributed by atoms with Crippen LogP contribution in [0.4, 0.5) is 11.4 Å². The molecule has 5 heteroatoms. The first-order chi connectivity index (χ1) is 13.8. The first kappa shape index (κ1) is 20.9. The molecule has 2 atom stereocenters. The molecule has 1 aliphatic heterocycles. The van der Waals surface area contributed by atoms with Gasteiger partial charge in [-0.25, -0.2) is 0 Å². The number of nitrogen functional groups attached to an aromatic ring is 1. The van der Waals surface area contributed by atoms with Crippen molar-refractivity contribution in [3.8, 4) is 0 Å². The van der Waals surface area contributed by atoms with Crippen LogP contribution in [0.1, 0.15) is 48.2 Å². The van der Waals surface area contributed by atoms with Crippen LogP contribution in [0.2, 0.25) is 0 Å². The minimum Gasteiger partial charge on any atom is -0.399 e. The van der Waals surface area contributed by atoms with Gasteiger partial charge in [-0.05, 0) is 60.9 Å². The Morgan fingerprint density at radius 2 is 1.79 bits per heavy atom. The number of carbonyl (C=O) groups is 2. The number of piperidine rings is 1. The van der Waals surface area contributed by atoms with Crippen molar-refractivity contribution >= 4 is 23.2 Å². The lowest BCUT2D eigenvalue weighted by atomic mass is 9.91. The van der Waals surface area contributed by atoms with Crippen molar-refractivity contribution in [2.45, 2.75) is 40.0 Å². The lowest BCUT2D eigenvalue weighted by Gasteiger charge is -2.35. The molecule has 5 nitrogen and oxygen atoms in total. The molecule has 154 valence electrons. The Bertz CT molecular complexity index is 883. The molecule has 0 aliphatic carbocycles. The van der Waals surface area contributed by atoms with Crippen LogP contribution in [-0.2, 0) is 11.2 Å². The average Bonchev–Trinajstić information content (AvgIpc) is 2.68. The highest BCUT2D eigenvalue weighted by Gasteiger charge is 2.26. The lowest BCUT2D eigenvalue weighted by molar-refractivity contribution is -0.116. The summed E-state index contributed by atoms with van der Waals surface area (Å²) in [7, 11) is 0. The van der Waals surface area contributed by atoms with Gasteiger partial charge in [0.25, 0.3) is 5.91 Å². The Morgan fingerprint density at radius 3 is 2.48 bits per heavy atom. The molecule has 1 heterocycles. The molecule has 1 aliphatic rings. The van der Waals surface area contributed by atoms with Crippen molar-refractivity contribution in [1.82, 2.24) is 4.90 Å². The highest BCUT2D eigenvalue weighted by Crippen LogP contribution is 2.24. The maximum atomic E-state index is 13.0. The summed E-state index contributed by atoms with van der Waals surface area (Å²) in [5.41, 5.74) is 9.88. The molecule has 2 aromatic rings. The summed E-state index contributed by atoms with van der Waals surface area (Å²) in [6, 6.07) is 13.1. The summed E-state index contributed by atoms with van der Waals surface area (Å²) in [6.07, 6.45) is 2.08. The van der Waals surface area contributed by atoms with Crippen molar-refractivity contribution in [3.63, 3.8) is 0 Å². The van der Waals surface area contributed by atoms with Gasteiger partial charge in [-0.3, -0.25) is 9.59 Å². The van der Waals surface area contributed by atoms with Gasteiger partial charge in [0.05, 0.1) is 0 Å². The third-order valence-corrected chi connectivity index (χ3v) is 5.59. The Kier molecular flexibility index (Phi) is 6.57. The van der Waals surface area contributed by atoms with E-state index >= 15 is 0 Å². The van der Waals surface area contributed by atoms with E-state index in [4.69, 9.17) is 5.73 Å². The number of amides is 2. The second kappa shape index (κ2) is 9.12. The fraction of sp³-hybridized carbons (Fsp3) is 0.417. The Hall–Kier alpha value is -2.82. The van der Waals surface area contributed by atoms with E-state index in [1.165, 1.54) is 0 Å². The maximum Gasteiger partial charge on any atom is 0.253 e. The molecule has 2 aromatic carbocycles. The molecule has 2 unspecified atom stereocenters. The van der Waals surface area contributed by atoms with E-state index in [-0.39, 0.29) is 11.8 Å². The van der Waals surface area contributed by atoms with Crippen LogP contribution in [0.5, 0.6) is 0 Å². The molecule has 0 saturated carbocycles. The average molecular weight is 394 g/mol. The zero-order chi connectivity index (χ0) is 21.0. The smallest absolute Gasteiger partial charge is 0.253 e. The quantitative estimate of drug-likeness (QED) is 0.745. The van der Waals surface area contributed by atoms with Crippen molar-refractivity contribution < 1.29 is 9.59 Å². The van der Waals surface area contributed by atoms with Gasteiger partial charge in [0, 0.05) is 36.4 Å². The van der Waals surface area contributed by atoms with Gasteiger partial charge in [0.15, 0.2) is 0 Å². The van der Waals surface area contributed by atoms with E-state index in [1.807, 2.05) is 48.2 Å². The number of carbonyl (C=O) groups excluding carboxylic acids is 2. The van der Waals surface area contributed by atoms with Gasteiger partial charge >= 0.3 is 0 Å². The standard InChI is InChI=1S/C24H31N3O2/c1-16-12-17(2)15-27(14-16)24(29)20-9-8-18(3)22(13-20)26-23(28)11-10-19-6-4-5-7-21(19)25/h4-9,13,16-17H,10-12,14-15,25H2,1-3H3,(H,26,28). The molecular weight excluding hydrogens is 362 g/mol. The lowest BCUT2D eigenvalue weighted by Crippen LogP contribution is -2.42. The number of hydrogen-bond acceptors (Lipinski definition) is 3. The van der Waals surface area contributed by atoms with Crippen LogP contribution in [0.15, 0.2) is 42.5 Å². The van der Waals surface area contributed by atoms with Crippen LogP contribution in [0.3, 0.4) is 0 Å². The molecule has 1 saturated heterocycles. The summed E-state index contributed by atoms with van der Waals surface area (Å²) in [5, 5.41) is 2.97. The monoisotopic (exact) mass is 393 g/mol. The first-order valence-corrected chi connectivity index (χ1v) is 10.4. The molecule has 0 bridgehead atoms. The van der Waals surface area contributed by atoms with Gasteiger partial charge in [-0.2, -0.15) is 0 Å². The normalized spacial score (nSPS) is 19.1. The number of hydrogen-bond donors (Lipinski definition) is 2. The topological polar surface area (TPSA) is 75.4 Å². The molecule has 0 aromatic heterocycles. The van der Waals surface area contributed by atoms with E-state index in [1.54, 1.807) is 6.07 Å².